The van der Waals surface area contributed by atoms with Crippen LogP contribution >= 0.6 is 0 Å². The molecule has 1 heteroatoms. The maximum absolute atomic E-state index is 2.00. The Hall–Kier alpha value is -0.0397. The minimum Gasteiger partial charge on any atom is -0.0623 e. The Labute approximate surface area is 59.1 Å². The van der Waals surface area contributed by atoms with Gasteiger partial charge in [-0.3, -0.25) is 0 Å². The van der Waals surface area contributed by atoms with Crippen molar-refractivity contribution in [1.82, 2.24) is 0 Å². The minimum atomic E-state index is 0. The van der Waals surface area contributed by atoms with Gasteiger partial charge in [0.05, 0.1) is 0 Å². The zero-order valence-electron chi connectivity index (χ0n) is 3.77. The molecule has 0 fully saturated rings. The van der Waals surface area contributed by atoms with E-state index in [4.69, 9.17) is 0 Å². The monoisotopic (exact) mass is 185 g/mol. The van der Waals surface area contributed by atoms with Gasteiger partial charge in [0.1, 0.15) is 0 Å². The van der Waals surface area contributed by atoms with Crippen LogP contribution in [-0.4, -0.2) is 0 Å². The Kier molecular flexibility index (Phi) is 4.10. The van der Waals surface area contributed by atoms with Gasteiger partial charge in [0.2, 0.25) is 0 Å². The zero-order chi connectivity index (χ0) is 4.24. The molecule has 0 aliphatic carbocycles. The number of benzene rings is 1. The van der Waals surface area contributed by atoms with Crippen LogP contribution in [0.4, 0.5) is 0 Å². The van der Waals surface area contributed by atoms with Gasteiger partial charge in [-0.15, -0.1) is 0 Å². The Morgan fingerprint density at radius 3 is 0.714 bits per heavy atom. The van der Waals surface area contributed by atoms with Gasteiger partial charge in [0, 0.05) is 0 Å². The summed E-state index contributed by atoms with van der Waals surface area (Å²) < 4.78 is 0. The molecule has 1 aromatic carbocycles. The Morgan fingerprint density at radius 2 is 0.571 bits per heavy atom. The summed E-state index contributed by atoms with van der Waals surface area (Å²) in [5, 5.41) is 0. The molecule has 0 saturated carbocycles. The first-order valence-electron chi connectivity index (χ1n) is 2.00. The largest absolute Gasteiger partial charge is 1.00 e. The van der Waals surface area contributed by atoms with E-state index in [-0.39, 0.29) is 22.4 Å². The van der Waals surface area contributed by atoms with Crippen LogP contribution in [0.3, 0.4) is 0 Å². The van der Waals surface area contributed by atoms with E-state index in [2.05, 4.69) is 0 Å². The van der Waals surface area contributed by atoms with Crippen molar-refractivity contribution >= 4 is 0 Å². The summed E-state index contributed by atoms with van der Waals surface area (Å²) >= 11 is 0. The second-order valence-electron chi connectivity index (χ2n) is 1.15. The fourth-order valence-electron chi connectivity index (χ4n) is 0.385. The van der Waals surface area contributed by atoms with Crippen LogP contribution in [0.25, 0.3) is 0 Å². The molecule has 0 heterocycles. The first kappa shape index (κ1) is 6.96. The molecule has 0 amide bonds. The molecule has 0 aliphatic rings. The van der Waals surface area contributed by atoms with E-state index >= 15 is 0 Å². The smallest absolute Gasteiger partial charge is 0.0623 e. The van der Waals surface area contributed by atoms with E-state index in [0.717, 1.165) is 0 Å². The quantitative estimate of drug-likeness (QED) is 0.540. The molecule has 0 radical (unpaired) electrons. The molecule has 40 valence electrons. The fourth-order valence-corrected chi connectivity index (χ4v) is 0.385. The molecule has 0 unspecified atom stereocenters. The average molecular weight is 186 g/mol. The Bertz CT molecular complexity index is 76.1. The van der Waals surface area contributed by atoms with Crippen LogP contribution in [0.1, 0.15) is 0 Å². The van der Waals surface area contributed by atoms with Crippen LogP contribution in [0.2, 0.25) is 0 Å². The van der Waals surface area contributed by atoms with Crippen LogP contribution in [0.15, 0.2) is 36.4 Å². The molecule has 0 N–H and O–H groups in total. The first-order chi connectivity index (χ1) is 3.00. The van der Waals surface area contributed by atoms with Crippen LogP contribution in [0, 0.1) is 0 Å². The molecule has 0 bridgehead atoms. The van der Waals surface area contributed by atoms with Crippen molar-refractivity contribution in [3.63, 3.8) is 0 Å². The van der Waals surface area contributed by atoms with E-state index < -0.39 is 0 Å². The first-order valence-corrected chi connectivity index (χ1v) is 2.00. The van der Waals surface area contributed by atoms with Gasteiger partial charge in [-0.05, 0) is 0 Å². The molecule has 0 atom stereocenters. The molecule has 0 aliphatic heterocycles. The Balaban J connectivity index is 0.000000360. The second-order valence-corrected chi connectivity index (χ2v) is 1.15. The van der Waals surface area contributed by atoms with Crippen molar-refractivity contribution in [2.45, 2.75) is 0 Å². The molecular weight excluding hydrogens is 180 g/mol. The van der Waals surface area contributed by atoms with E-state index in [1.54, 1.807) is 0 Å². The standard InChI is InChI=1S/C6H6.Ag/c1-2-4-6-5-3-1;/h1-6H;/q;+1. The van der Waals surface area contributed by atoms with Crippen LogP contribution < -0.4 is 0 Å². The molecule has 0 spiro atoms. The number of hydrogen-bond acceptors (Lipinski definition) is 0. The van der Waals surface area contributed by atoms with Gasteiger partial charge in [0.25, 0.3) is 0 Å². The average Bonchev–Trinajstić information content (AvgIpc) is 1.72. The molecule has 0 saturated heterocycles. The summed E-state index contributed by atoms with van der Waals surface area (Å²) in [4.78, 5) is 0. The van der Waals surface area contributed by atoms with Crippen molar-refractivity contribution in [3.8, 4) is 0 Å². The van der Waals surface area contributed by atoms with Crippen molar-refractivity contribution in [1.29, 1.82) is 0 Å². The molecular formula is C6H6Ag+. The van der Waals surface area contributed by atoms with Crippen LogP contribution in [0.5, 0.6) is 0 Å². The third kappa shape index (κ3) is 2.63. The minimum absolute atomic E-state index is 0. The van der Waals surface area contributed by atoms with Gasteiger partial charge in [-0.2, -0.15) is 0 Å². The summed E-state index contributed by atoms with van der Waals surface area (Å²) in [6.45, 7) is 0. The second kappa shape index (κ2) is 4.13. The predicted molar refractivity (Wildman–Crippen MR) is 26.4 cm³/mol. The van der Waals surface area contributed by atoms with Crippen molar-refractivity contribution < 1.29 is 22.4 Å². The maximum atomic E-state index is 2.00. The fraction of sp³-hybridized carbons (Fsp3) is 0. The Morgan fingerprint density at radius 1 is 0.429 bits per heavy atom. The van der Waals surface area contributed by atoms with Gasteiger partial charge in [-0.25, -0.2) is 0 Å². The summed E-state index contributed by atoms with van der Waals surface area (Å²) in [6, 6.07) is 12.0. The third-order valence-corrected chi connectivity index (χ3v) is 0.667. The number of hydrogen-bond donors (Lipinski definition) is 0. The van der Waals surface area contributed by atoms with Crippen molar-refractivity contribution in [2.75, 3.05) is 0 Å². The van der Waals surface area contributed by atoms with E-state index in [1.165, 1.54) is 0 Å². The SMILES string of the molecule is [Ag+].c1ccccc1. The molecule has 1 rings (SSSR count). The van der Waals surface area contributed by atoms with Crippen molar-refractivity contribution in [3.05, 3.63) is 36.4 Å². The van der Waals surface area contributed by atoms with Crippen molar-refractivity contribution in [2.24, 2.45) is 0 Å². The topological polar surface area (TPSA) is 0 Å². The summed E-state index contributed by atoms with van der Waals surface area (Å²) in [5.41, 5.74) is 0. The van der Waals surface area contributed by atoms with E-state index in [9.17, 15) is 0 Å². The van der Waals surface area contributed by atoms with Gasteiger partial charge >= 0.3 is 22.4 Å². The maximum Gasteiger partial charge on any atom is 1.00 e. The third-order valence-electron chi connectivity index (χ3n) is 0.667. The molecule has 0 aromatic heterocycles. The van der Waals surface area contributed by atoms with Crippen LogP contribution in [-0.2, 0) is 22.4 Å². The van der Waals surface area contributed by atoms with Gasteiger partial charge < -0.3 is 0 Å². The van der Waals surface area contributed by atoms with Gasteiger partial charge in [0.15, 0.2) is 0 Å². The molecule has 1 aromatic rings. The summed E-state index contributed by atoms with van der Waals surface area (Å²) in [5.74, 6) is 0. The van der Waals surface area contributed by atoms with E-state index in [0.29, 0.717) is 0 Å². The molecule has 7 heavy (non-hydrogen) atoms. The normalized spacial score (nSPS) is 6.86. The predicted octanol–water partition coefficient (Wildman–Crippen LogP) is 1.68. The number of rotatable bonds is 0. The van der Waals surface area contributed by atoms with Gasteiger partial charge in [-0.1, -0.05) is 36.4 Å². The zero-order valence-corrected chi connectivity index (χ0v) is 5.25. The molecule has 0 nitrogen and oxygen atoms in total. The summed E-state index contributed by atoms with van der Waals surface area (Å²) in [7, 11) is 0. The summed E-state index contributed by atoms with van der Waals surface area (Å²) in [6.07, 6.45) is 0. The van der Waals surface area contributed by atoms with E-state index in [1.807, 2.05) is 36.4 Å².